The van der Waals surface area contributed by atoms with E-state index in [0.29, 0.717) is 19.4 Å². The minimum Gasteiger partial charge on any atom is -0.466 e. The summed E-state index contributed by atoms with van der Waals surface area (Å²) in [5.74, 6) is -2.39. The highest BCUT2D eigenvalue weighted by molar-refractivity contribution is 5.98. The summed E-state index contributed by atoms with van der Waals surface area (Å²) in [4.78, 5) is 44.7. The van der Waals surface area contributed by atoms with Gasteiger partial charge in [-0.3, -0.25) is 14.4 Å². The van der Waals surface area contributed by atoms with Crippen molar-refractivity contribution in [3.05, 3.63) is 12.7 Å². The van der Waals surface area contributed by atoms with Crippen LogP contribution < -0.4 is 0 Å². The highest BCUT2D eigenvalue weighted by atomic mass is 16.6. The summed E-state index contributed by atoms with van der Waals surface area (Å²) >= 11 is 0. The fraction of sp³-hybridized carbons (Fsp3) is 0.808. The Morgan fingerprint density at radius 1 is 1.29 bits per heavy atom. The van der Waals surface area contributed by atoms with E-state index < -0.39 is 41.6 Å². The van der Waals surface area contributed by atoms with Gasteiger partial charge in [-0.2, -0.15) is 0 Å². The van der Waals surface area contributed by atoms with Crippen molar-refractivity contribution in [2.24, 2.45) is 17.8 Å². The number of aliphatic hydroxyl groups is 1. The molecule has 0 unspecified atom stereocenters. The number of esters is 1. The lowest BCUT2D eigenvalue weighted by Gasteiger charge is -2.43. The van der Waals surface area contributed by atoms with Gasteiger partial charge in [0.2, 0.25) is 11.8 Å². The van der Waals surface area contributed by atoms with Crippen molar-refractivity contribution in [3.8, 4) is 0 Å². The smallest absolute Gasteiger partial charge is 0.312 e. The summed E-state index contributed by atoms with van der Waals surface area (Å²) < 4.78 is 11.8. The quantitative estimate of drug-likeness (QED) is 0.405. The van der Waals surface area contributed by atoms with Gasteiger partial charge >= 0.3 is 5.97 Å². The van der Waals surface area contributed by atoms with Gasteiger partial charge in [0, 0.05) is 12.6 Å². The Hall–Kier alpha value is -1.93. The number of carbonyl (C=O) groups is 3. The molecule has 0 aromatic rings. The van der Waals surface area contributed by atoms with Gasteiger partial charge in [-0.1, -0.05) is 39.2 Å². The van der Waals surface area contributed by atoms with Crippen molar-refractivity contribution in [2.75, 3.05) is 19.8 Å². The lowest BCUT2D eigenvalue weighted by Crippen LogP contribution is -2.61. The van der Waals surface area contributed by atoms with E-state index in [1.165, 1.54) is 6.42 Å². The Balaban J connectivity index is 1.77. The Morgan fingerprint density at radius 3 is 2.59 bits per heavy atom. The molecule has 1 spiro atoms. The molecule has 3 heterocycles. The van der Waals surface area contributed by atoms with E-state index in [2.05, 4.69) is 6.58 Å². The minimum absolute atomic E-state index is 0.0692. The third-order valence-corrected chi connectivity index (χ3v) is 8.47. The van der Waals surface area contributed by atoms with E-state index in [4.69, 9.17) is 9.47 Å². The number of ether oxygens (including phenoxy) is 2. The molecule has 3 aliphatic heterocycles. The number of nitrogens with zero attached hydrogens (tertiary/aromatic N) is 2. The number of aliphatic hydroxyl groups excluding tert-OH is 1. The molecule has 0 radical (unpaired) electrons. The maximum Gasteiger partial charge on any atom is 0.312 e. The number of amides is 2. The molecule has 4 fully saturated rings. The van der Waals surface area contributed by atoms with E-state index >= 15 is 0 Å². The zero-order valence-electron chi connectivity index (χ0n) is 20.8. The summed E-state index contributed by atoms with van der Waals surface area (Å²) in [6.07, 6.45) is 7.64. The van der Waals surface area contributed by atoms with Gasteiger partial charge < -0.3 is 24.4 Å². The van der Waals surface area contributed by atoms with Crippen LogP contribution >= 0.6 is 0 Å². The highest BCUT2D eigenvalue weighted by Crippen LogP contribution is 2.59. The van der Waals surface area contributed by atoms with E-state index in [-0.39, 0.29) is 37.0 Å². The normalized spacial score (nSPS) is 33.8. The van der Waals surface area contributed by atoms with E-state index in [9.17, 15) is 19.5 Å². The van der Waals surface area contributed by atoms with Crippen molar-refractivity contribution in [2.45, 2.75) is 95.5 Å². The number of hydrogen-bond acceptors (Lipinski definition) is 6. The van der Waals surface area contributed by atoms with Gasteiger partial charge in [0.15, 0.2) is 0 Å². The third-order valence-electron chi connectivity index (χ3n) is 8.47. The number of fused-ring (bicyclic) bond motifs is 1. The summed E-state index contributed by atoms with van der Waals surface area (Å²) in [6, 6.07) is -1.31. The molecule has 1 N–H and O–H groups in total. The molecule has 4 rings (SSSR count). The van der Waals surface area contributed by atoms with Crippen LogP contribution in [0.3, 0.4) is 0 Å². The van der Waals surface area contributed by atoms with Crippen LogP contribution in [-0.4, -0.2) is 82.3 Å². The Labute approximate surface area is 202 Å². The van der Waals surface area contributed by atoms with Crippen LogP contribution in [0.5, 0.6) is 0 Å². The van der Waals surface area contributed by atoms with Gasteiger partial charge in [-0.15, -0.1) is 6.58 Å². The second kappa shape index (κ2) is 9.97. The Kier molecular flexibility index (Phi) is 7.38. The molecule has 8 heteroatoms. The van der Waals surface area contributed by atoms with Gasteiger partial charge in [0.1, 0.15) is 11.6 Å². The number of likely N-dealkylation sites (tertiary alicyclic amines) is 1. The summed E-state index contributed by atoms with van der Waals surface area (Å²) in [5.41, 5.74) is -1.06. The predicted molar refractivity (Wildman–Crippen MR) is 126 cm³/mol. The topological polar surface area (TPSA) is 96.4 Å². The van der Waals surface area contributed by atoms with Crippen molar-refractivity contribution >= 4 is 17.8 Å². The Morgan fingerprint density at radius 2 is 2.00 bits per heavy atom. The van der Waals surface area contributed by atoms with Crippen LogP contribution in [0.15, 0.2) is 12.7 Å². The molecule has 3 saturated heterocycles. The largest absolute Gasteiger partial charge is 0.466 e. The molecule has 4 aliphatic rings. The van der Waals surface area contributed by atoms with Gasteiger partial charge in [-0.05, 0) is 38.5 Å². The number of rotatable bonds is 9. The molecule has 1 saturated carbocycles. The molecular formula is C26H40N2O6. The Bertz CT molecular complexity index is 809. The van der Waals surface area contributed by atoms with E-state index in [1.807, 2.05) is 18.7 Å². The second-order valence-corrected chi connectivity index (χ2v) is 10.6. The molecule has 0 aromatic carbocycles. The fourth-order valence-electron chi connectivity index (χ4n) is 6.96. The van der Waals surface area contributed by atoms with E-state index in [1.54, 1.807) is 17.9 Å². The van der Waals surface area contributed by atoms with Gasteiger partial charge in [0.05, 0.1) is 37.2 Å². The van der Waals surface area contributed by atoms with Crippen LogP contribution in [0.2, 0.25) is 0 Å². The lowest BCUT2D eigenvalue weighted by molar-refractivity contribution is -0.157. The van der Waals surface area contributed by atoms with Gasteiger partial charge in [-0.25, -0.2) is 0 Å². The van der Waals surface area contributed by atoms with Crippen LogP contribution in [0.1, 0.15) is 65.7 Å². The van der Waals surface area contributed by atoms with Crippen molar-refractivity contribution in [1.29, 1.82) is 0 Å². The zero-order chi connectivity index (χ0) is 24.6. The molecule has 1 aliphatic carbocycles. The molecule has 2 amide bonds. The van der Waals surface area contributed by atoms with Crippen LogP contribution in [0, 0.1) is 17.8 Å². The third kappa shape index (κ3) is 3.87. The lowest BCUT2D eigenvalue weighted by atomic mass is 9.70. The first-order chi connectivity index (χ1) is 16.3. The average Bonchev–Trinajstić information content (AvgIpc) is 3.46. The van der Waals surface area contributed by atoms with Crippen LogP contribution in [-0.2, 0) is 23.9 Å². The highest BCUT2D eigenvalue weighted by Gasteiger charge is 2.75. The zero-order valence-corrected chi connectivity index (χ0v) is 20.8. The average molecular weight is 477 g/mol. The monoisotopic (exact) mass is 476 g/mol. The molecule has 190 valence electrons. The first-order valence-electron chi connectivity index (χ1n) is 13.0. The molecule has 34 heavy (non-hydrogen) atoms. The molecular weight excluding hydrogens is 436 g/mol. The van der Waals surface area contributed by atoms with Crippen molar-refractivity contribution < 1.29 is 29.0 Å². The van der Waals surface area contributed by atoms with Crippen LogP contribution in [0.25, 0.3) is 0 Å². The summed E-state index contributed by atoms with van der Waals surface area (Å²) in [6.45, 7) is 9.87. The fourth-order valence-corrected chi connectivity index (χ4v) is 6.96. The SMILES string of the molecule is C=CCN(C(=O)[C@@H]1N([C@@H](CO)C(C)C)C(=O)[C@H]2[C@H](C(=O)OCC)[C@@H]3CC[C@]12O3)C1CCCCC1. The second-order valence-electron chi connectivity index (χ2n) is 10.6. The molecule has 2 bridgehead atoms. The predicted octanol–water partition coefficient (Wildman–Crippen LogP) is 2.29. The van der Waals surface area contributed by atoms with E-state index in [0.717, 1.165) is 25.7 Å². The number of carbonyl (C=O) groups excluding carboxylic acids is 3. The van der Waals surface area contributed by atoms with Gasteiger partial charge in [0.25, 0.3) is 0 Å². The first-order valence-corrected chi connectivity index (χ1v) is 13.0. The van der Waals surface area contributed by atoms with Crippen molar-refractivity contribution in [1.82, 2.24) is 9.80 Å². The minimum atomic E-state index is -1.06. The molecule has 0 aromatic heterocycles. The summed E-state index contributed by atoms with van der Waals surface area (Å²) in [5, 5.41) is 10.3. The van der Waals surface area contributed by atoms with Crippen LogP contribution in [0.4, 0.5) is 0 Å². The maximum atomic E-state index is 14.4. The first kappa shape index (κ1) is 25.2. The standard InChI is InChI=1S/C26H40N2O6/c1-5-14-27(17-10-8-7-9-11-17)24(31)22-26-13-12-19(34-26)20(25(32)33-6-2)21(26)23(30)28(22)18(15-29)16(3)4/h5,16-22,29H,1,6-15H2,2-4H3/t18-,19-,20+,21+,22-,26+/m0/s1. The maximum absolute atomic E-state index is 14.4. The molecule has 6 atom stereocenters. The van der Waals surface area contributed by atoms with Crippen molar-refractivity contribution in [3.63, 3.8) is 0 Å². The number of hydrogen-bond donors (Lipinski definition) is 1. The molecule has 8 nitrogen and oxygen atoms in total. The summed E-state index contributed by atoms with van der Waals surface area (Å²) in [7, 11) is 0.